The molecule has 128 valence electrons. The van der Waals surface area contributed by atoms with Crippen molar-refractivity contribution in [2.24, 2.45) is 4.99 Å². The van der Waals surface area contributed by atoms with E-state index in [1.54, 1.807) is 16.4 Å². The molecule has 1 aromatic heterocycles. The average molecular weight is 346 g/mol. The highest BCUT2D eigenvalue weighted by molar-refractivity contribution is 8.16. The van der Waals surface area contributed by atoms with Crippen molar-refractivity contribution in [3.63, 3.8) is 0 Å². The highest BCUT2D eigenvalue weighted by atomic mass is 32.2. The van der Waals surface area contributed by atoms with Crippen LogP contribution in [0.5, 0.6) is 0 Å². The Morgan fingerprint density at radius 3 is 3.33 bits per heavy atom. The highest BCUT2D eigenvalue weighted by Gasteiger charge is 2.26. The fraction of sp³-hybridized carbons (Fsp3) is 0.562. The molecule has 1 atom stereocenters. The van der Waals surface area contributed by atoms with Crippen molar-refractivity contribution in [1.29, 1.82) is 0 Å². The summed E-state index contributed by atoms with van der Waals surface area (Å²) in [4.78, 5) is 18.8. The number of hydrogen-bond acceptors (Lipinski definition) is 6. The number of aliphatic imine (C=N–C) groups is 1. The summed E-state index contributed by atoms with van der Waals surface area (Å²) in [7, 11) is 0. The van der Waals surface area contributed by atoms with Gasteiger partial charge < -0.3 is 15.5 Å². The topological polar surface area (TPSA) is 74.5 Å². The summed E-state index contributed by atoms with van der Waals surface area (Å²) in [6, 6.07) is 2.04. The highest BCUT2D eigenvalue weighted by Crippen LogP contribution is 2.28. The first kappa shape index (κ1) is 15.7. The number of piperidine rings is 1. The maximum Gasteiger partial charge on any atom is 0.242 e. The van der Waals surface area contributed by atoms with E-state index in [1.165, 1.54) is 12.8 Å². The Balaban J connectivity index is 1.27. The van der Waals surface area contributed by atoms with E-state index in [1.807, 2.05) is 12.3 Å². The SMILES string of the molecule is O=C(Cn1ccc([C@H]2CCCNC2)n1)NCC1=CSC2=NCCN12. The average Bonchev–Trinajstić information content (AvgIpc) is 3.31. The number of nitrogens with zero attached hydrogens (tertiary/aromatic N) is 4. The number of aromatic nitrogens is 2. The lowest BCUT2D eigenvalue weighted by Gasteiger charge is -2.20. The quantitative estimate of drug-likeness (QED) is 0.822. The predicted octanol–water partition coefficient (Wildman–Crippen LogP) is 0.726. The number of carbonyl (C=O) groups is 1. The molecular weight excluding hydrogens is 324 g/mol. The Morgan fingerprint density at radius 2 is 2.46 bits per heavy atom. The van der Waals surface area contributed by atoms with Crippen LogP contribution in [0.3, 0.4) is 0 Å². The molecule has 0 spiro atoms. The van der Waals surface area contributed by atoms with Gasteiger partial charge in [-0.05, 0) is 25.5 Å². The van der Waals surface area contributed by atoms with Crippen LogP contribution in [0.2, 0.25) is 0 Å². The standard InChI is InChI=1S/C16H22N6OS/c23-15(19-9-13-11-24-16-18-5-7-22(13)16)10-21-6-3-14(20-21)12-2-1-4-17-8-12/h3,6,11-12,17H,1-2,4-5,7-10H2,(H,19,23)/t12-/m0/s1. The van der Waals surface area contributed by atoms with Gasteiger partial charge >= 0.3 is 0 Å². The summed E-state index contributed by atoms with van der Waals surface area (Å²) < 4.78 is 1.74. The normalized spacial score (nSPS) is 23.0. The van der Waals surface area contributed by atoms with Gasteiger partial charge in [0, 0.05) is 36.3 Å². The molecule has 0 saturated carbocycles. The van der Waals surface area contributed by atoms with Gasteiger partial charge in [-0.2, -0.15) is 5.10 Å². The third kappa shape index (κ3) is 3.34. The Kier molecular flexibility index (Phi) is 4.57. The molecule has 1 fully saturated rings. The zero-order chi connectivity index (χ0) is 16.4. The molecule has 2 N–H and O–H groups in total. The zero-order valence-corrected chi connectivity index (χ0v) is 14.4. The van der Waals surface area contributed by atoms with Crippen LogP contribution in [0.25, 0.3) is 0 Å². The summed E-state index contributed by atoms with van der Waals surface area (Å²) in [5, 5.41) is 14.1. The van der Waals surface area contributed by atoms with Gasteiger partial charge in [0.25, 0.3) is 0 Å². The molecule has 8 heteroatoms. The number of rotatable bonds is 5. The van der Waals surface area contributed by atoms with Crippen molar-refractivity contribution in [1.82, 2.24) is 25.3 Å². The lowest BCUT2D eigenvalue weighted by molar-refractivity contribution is -0.121. The van der Waals surface area contributed by atoms with E-state index in [-0.39, 0.29) is 12.5 Å². The minimum Gasteiger partial charge on any atom is -0.349 e. The molecule has 4 rings (SSSR count). The summed E-state index contributed by atoms with van der Waals surface area (Å²) >= 11 is 1.63. The molecule has 7 nitrogen and oxygen atoms in total. The summed E-state index contributed by atoms with van der Waals surface area (Å²) in [5.74, 6) is 0.457. The molecule has 4 heterocycles. The van der Waals surface area contributed by atoms with E-state index in [0.29, 0.717) is 12.5 Å². The molecule has 0 radical (unpaired) electrons. The first-order valence-corrected chi connectivity index (χ1v) is 9.36. The first-order valence-electron chi connectivity index (χ1n) is 8.48. The van der Waals surface area contributed by atoms with Gasteiger partial charge in [-0.15, -0.1) is 0 Å². The van der Waals surface area contributed by atoms with Crippen molar-refractivity contribution in [3.8, 4) is 0 Å². The number of fused-ring (bicyclic) bond motifs is 1. The molecule has 0 bridgehead atoms. The Hall–Kier alpha value is -1.80. The van der Waals surface area contributed by atoms with Crippen molar-refractivity contribution < 1.29 is 4.79 Å². The third-order valence-electron chi connectivity index (χ3n) is 4.60. The number of nitrogens with one attached hydrogen (secondary N) is 2. The second-order valence-electron chi connectivity index (χ2n) is 6.30. The molecule has 0 unspecified atom stereocenters. The van der Waals surface area contributed by atoms with Crippen LogP contribution in [0.4, 0.5) is 0 Å². The smallest absolute Gasteiger partial charge is 0.242 e. The second kappa shape index (κ2) is 6.98. The van der Waals surface area contributed by atoms with Crippen LogP contribution in [-0.2, 0) is 11.3 Å². The van der Waals surface area contributed by atoms with Gasteiger partial charge in [-0.1, -0.05) is 11.8 Å². The molecule has 1 amide bonds. The zero-order valence-electron chi connectivity index (χ0n) is 13.6. The van der Waals surface area contributed by atoms with Gasteiger partial charge in [-0.3, -0.25) is 14.5 Å². The maximum atomic E-state index is 12.2. The Bertz CT molecular complexity index is 676. The van der Waals surface area contributed by atoms with Gasteiger partial charge in [0.15, 0.2) is 5.17 Å². The monoisotopic (exact) mass is 346 g/mol. The number of amidine groups is 1. The predicted molar refractivity (Wildman–Crippen MR) is 94.8 cm³/mol. The molecule has 0 aromatic carbocycles. The number of carbonyl (C=O) groups excluding carboxylic acids is 1. The molecule has 1 aromatic rings. The molecular formula is C16H22N6OS. The molecule has 24 heavy (non-hydrogen) atoms. The number of thioether (sulfide) groups is 1. The third-order valence-corrected chi connectivity index (χ3v) is 5.55. The van der Waals surface area contributed by atoms with E-state index in [9.17, 15) is 4.79 Å². The van der Waals surface area contributed by atoms with Gasteiger partial charge in [0.1, 0.15) is 6.54 Å². The molecule has 0 aliphatic carbocycles. The van der Waals surface area contributed by atoms with Crippen LogP contribution in [0, 0.1) is 0 Å². The molecule has 1 saturated heterocycles. The Morgan fingerprint density at radius 1 is 1.50 bits per heavy atom. The van der Waals surface area contributed by atoms with E-state index in [0.717, 1.165) is 42.7 Å². The molecule has 3 aliphatic heterocycles. The second-order valence-corrected chi connectivity index (χ2v) is 7.14. The lowest BCUT2D eigenvalue weighted by atomic mass is 9.97. The largest absolute Gasteiger partial charge is 0.349 e. The van der Waals surface area contributed by atoms with Crippen LogP contribution in [-0.4, -0.2) is 58.5 Å². The lowest BCUT2D eigenvalue weighted by Crippen LogP contribution is -2.34. The van der Waals surface area contributed by atoms with Crippen molar-refractivity contribution in [2.45, 2.75) is 25.3 Å². The number of hydrogen-bond donors (Lipinski definition) is 2. The minimum atomic E-state index is -0.0121. The van der Waals surface area contributed by atoms with Crippen molar-refractivity contribution in [3.05, 3.63) is 29.1 Å². The van der Waals surface area contributed by atoms with Gasteiger partial charge in [-0.25, -0.2) is 0 Å². The fourth-order valence-electron chi connectivity index (χ4n) is 3.30. The Labute approximate surface area is 145 Å². The van der Waals surface area contributed by atoms with Gasteiger partial charge in [0.2, 0.25) is 5.91 Å². The summed E-state index contributed by atoms with van der Waals surface area (Å²) in [5.41, 5.74) is 2.21. The molecule has 3 aliphatic rings. The summed E-state index contributed by atoms with van der Waals surface area (Å²) in [6.07, 6.45) is 4.26. The van der Waals surface area contributed by atoms with Crippen LogP contribution >= 0.6 is 11.8 Å². The maximum absolute atomic E-state index is 12.2. The van der Waals surface area contributed by atoms with E-state index in [2.05, 4.69) is 31.0 Å². The van der Waals surface area contributed by atoms with E-state index in [4.69, 9.17) is 0 Å². The van der Waals surface area contributed by atoms with Crippen molar-refractivity contribution in [2.75, 3.05) is 32.7 Å². The van der Waals surface area contributed by atoms with Crippen LogP contribution < -0.4 is 10.6 Å². The summed E-state index contributed by atoms with van der Waals surface area (Å²) in [6.45, 7) is 4.65. The van der Waals surface area contributed by atoms with Crippen molar-refractivity contribution >= 4 is 22.8 Å². The van der Waals surface area contributed by atoms with Crippen LogP contribution in [0.15, 0.2) is 28.4 Å². The first-order chi connectivity index (χ1) is 11.8. The minimum absolute atomic E-state index is 0.0121. The van der Waals surface area contributed by atoms with E-state index >= 15 is 0 Å². The fourth-order valence-corrected chi connectivity index (χ4v) is 4.25. The van der Waals surface area contributed by atoms with Crippen LogP contribution in [0.1, 0.15) is 24.5 Å². The van der Waals surface area contributed by atoms with E-state index < -0.39 is 0 Å². The van der Waals surface area contributed by atoms with Gasteiger partial charge in [0.05, 0.1) is 18.8 Å². The number of amides is 1.